The van der Waals surface area contributed by atoms with Gasteiger partial charge in [-0.15, -0.1) is 0 Å². The number of aromatic amines is 1. The molecule has 4 rings (SSSR count). The highest BCUT2D eigenvalue weighted by molar-refractivity contribution is 6.30. The second-order valence-electron chi connectivity index (χ2n) is 7.48. The lowest BCUT2D eigenvalue weighted by molar-refractivity contribution is -0.384. The number of carbonyl (C=O) groups excluding carboxylic acids is 2. The van der Waals surface area contributed by atoms with Crippen LogP contribution in [0.25, 0.3) is 0 Å². The molecule has 1 aromatic heterocycles. The molecule has 0 fully saturated rings. The first-order chi connectivity index (χ1) is 16.7. The molecule has 1 aliphatic heterocycles. The Morgan fingerprint density at radius 3 is 2.80 bits per heavy atom. The molecule has 35 heavy (non-hydrogen) atoms. The third-order valence-corrected chi connectivity index (χ3v) is 5.32. The number of rotatable bonds is 7. The number of anilines is 4. The molecule has 2 amide bonds. The summed E-state index contributed by atoms with van der Waals surface area (Å²) in [6.07, 6.45) is -0.290. The van der Waals surface area contributed by atoms with E-state index in [4.69, 9.17) is 16.3 Å². The summed E-state index contributed by atoms with van der Waals surface area (Å²) < 4.78 is 5.41. The third-order valence-electron chi connectivity index (χ3n) is 5.09. The molecule has 4 N–H and O–H groups in total. The van der Waals surface area contributed by atoms with Gasteiger partial charge < -0.3 is 20.7 Å². The zero-order valence-corrected chi connectivity index (χ0v) is 19.0. The van der Waals surface area contributed by atoms with Crippen molar-refractivity contribution >= 4 is 52.2 Å². The number of non-ortho nitro benzene ring substituents is 1. The normalized spacial score (nSPS) is 14.5. The fraction of sp³-hybridized carbons (Fsp3) is 0.182. The second-order valence-corrected chi connectivity index (χ2v) is 7.91. The summed E-state index contributed by atoms with van der Waals surface area (Å²) in [6, 6.07) is 10.4. The van der Waals surface area contributed by atoms with Gasteiger partial charge >= 0.3 is 0 Å². The standard InChI is InChI=1S/C22H19ClN6O6/c1-2-35-16-9-13(29(33)34)6-7-15(16)25-20(31)14-10-17(30)26-19-18(14)21(32)28-22(27-19)24-12-5-3-4-11(23)8-12/h3-9,14H,2,10H2,1H3,(H,25,31)(H3,24,26,27,28,30,32)/t14-/m1/s1. The van der Waals surface area contributed by atoms with Crippen LogP contribution < -0.4 is 26.2 Å². The summed E-state index contributed by atoms with van der Waals surface area (Å²) in [5, 5.41) is 19.6. The third kappa shape index (κ3) is 5.22. The largest absolute Gasteiger partial charge is 0.491 e. The lowest BCUT2D eigenvalue weighted by atomic mass is 9.92. The number of halogens is 1. The second kappa shape index (κ2) is 9.81. The van der Waals surface area contributed by atoms with Crippen molar-refractivity contribution in [1.29, 1.82) is 0 Å². The molecule has 12 nitrogen and oxygen atoms in total. The Hall–Kier alpha value is -4.45. The van der Waals surface area contributed by atoms with Gasteiger partial charge in [0.25, 0.3) is 11.2 Å². The molecule has 0 radical (unpaired) electrons. The van der Waals surface area contributed by atoms with Gasteiger partial charge in [0.15, 0.2) is 0 Å². The predicted octanol–water partition coefficient (Wildman–Crippen LogP) is 3.54. The van der Waals surface area contributed by atoms with E-state index in [0.29, 0.717) is 10.7 Å². The van der Waals surface area contributed by atoms with Gasteiger partial charge in [-0.2, -0.15) is 4.98 Å². The first kappa shape index (κ1) is 23.7. The first-order valence-corrected chi connectivity index (χ1v) is 10.8. The number of nitrogens with one attached hydrogen (secondary N) is 4. The van der Waals surface area contributed by atoms with Crippen LogP contribution in [0.2, 0.25) is 5.02 Å². The molecular formula is C22H19ClN6O6. The topological polar surface area (TPSA) is 168 Å². The number of nitro benzene ring substituents is 1. The number of fused-ring (bicyclic) bond motifs is 1. The fourth-order valence-corrected chi connectivity index (χ4v) is 3.77. The Morgan fingerprint density at radius 2 is 2.09 bits per heavy atom. The van der Waals surface area contributed by atoms with Crippen molar-refractivity contribution in [2.24, 2.45) is 0 Å². The van der Waals surface area contributed by atoms with Crippen molar-refractivity contribution in [3.8, 4) is 5.75 Å². The summed E-state index contributed by atoms with van der Waals surface area (Å²) in [5.74, 6) is -2.24. The number of H-pyrrole nitrogens is 1. The van der Waals surface area contributed by atoms with Crippen molar-refractivity contribution < 1.29 is 19.2 Å². The predicted molar refractivity (Wildman–Crippen MR) is 128 cm³/mol. The minimum atomic E-state index is -1.15. The van der Waals surface area contributed by atoms with Gasteiger partial charge in [-0.1, -0.05) is 17.7 Å². The minimum Gasteiger partial charge on any atom is -0.491 e. The molecule has 2 aromatic carbocycles. The summed E-state index contributed by atoms with van der Waals surface area (Å²) in [6.45, 7) is 1.89. The van der Waals surface area contributed by atoms with Crippen molar-refractivity contribution in [2.45, 2.75) is 19.3 Å². The van der Waals surface area contributed by atoms with Crippen molar-refractivity contribution in [2.75, 3.05) is 22.6 Å². The summed E-state index contributed by atoms with van der Waals surface area (Å²) in [4.78, 5) is 55.7. The van der Waals surface area contributed by atoms with Crippen molar-refractivity contribution in [3.63, 3.8) is 0 Å². The number of nitrogens with zero attached hydrogens (tertiary/aromatic N) is 2. The SMILES string of the molecule is CCOc1cc([N+](=O)[O-])ccc1NC(=O)[C@@H]1CC(=O)Nc2nc(Nc3cccc(Cl)c3)[nH]c(=O)c21. The Bertz CT molecular complexity index is 1390. The van der Waals surface area contributed by atoms with E-state index in [2.05, 4.69) is 25.9 Å². The highest BCUT2D eigenvalue weighted by Crippen LogP contribution is 2.33. The Kier molecular flexibility index (Phi) is 6.64. The molecule has 0 aliphatic carbocycles. The molecular weight excluding hydrogens is 480 g/mol. The lowest BCUT2D eigenvalue weighted by Gasteiger charge is -2.24. The number of carbonyl (C=O) groups is 2. The molecule has 2 heterocycles. The van der Waals surface area contributed by atoms with Gasteiger partial charge in [0.05, 0.1) is 34.8 Å². The summed E-state index contributed by atoms with van der Waals surface area (Å²) >= 11 is 5.98. The van der Waals surface area contributed by atoms with Crippen LogP contribution in [0.5, 0.6) is 5.75 Å². The van der Waals surface area contributed by atoms with E-state index in [-0.39, 0.29) is 47.5 Å². The van der Waals surface area contributed by atoms with Crippen LogP contribution in [0.1, 0.15) is 24.8 Å². The van der Waals surface area contributed by atoms with E-state index in [1.807, 2.05) is 0 Å². The molecule has 0 saturated carbocycles. The summed E-state index contributed by atoms with van der Waals surface area (Å²) in [7, 11) is 0. The smallest absolute Gasteiger partial charge is 0.273 e. The lowest BCUT2D eigenvalue weighted by Crippen LogP contribution is -2.36. The van der Waals surface area contributed by atoms with E-state index in [9.17, 15) is 24.5 Å². The summed E-state index contributed by atoms with van der Waals surface area (Å²) in [5.41, 5.74) is -0.126. The highest BCUT2D eigenvalue weighted by atomic mass is 35.5. The molecule has 1 atom stereocenters. The molecule has 0 spiro atoms. The van der Waals surface area contributed by atoms with E-state index in [1.54, 1.807) is 31.2 Å². The van der Waals surface area contributed by atoms with Gasteiger partial charge in [0, 0.05) is 23.2 Å². The molecule has 1 aliphatic rings. The zero-order chi connectivity index (χ0) is 25.1. The highest BCUT2D eigenvalue weighted by Gasteiger charge is 2.35. The number of amides is 2. The van der Waals surface area contributed by atoms with Crippen LogP contribution in [0.4, 0.5) is 28.8 Å². The monoisotopic (exact) mass is 498 g/mol. The van der Waals surface area contributed by atoms with Gasteiger partial charge in [0.1, 0.15) is 11.6 Å². The van der Waals surface area contributed by atoms with Crippen LogP contribution in [0.15, 0.2) is 47.3 Å². The van der Waals surface area contributed by atoms with E-state index in [0.717, 1.165) is 0 Å². The number of benzene rings is 2. The average molecular weight is 499 g/mol. The molecule has 0 bridgehead atoms. The van der Waals surface area contributed by atoms with Crippen LogP contribution in [-0.2, 0) is 9.59 Å². The van der Waals surface area contributed by atoms with E-state index in [1.165, 1.54) is 18.2 Å². The molecule has 3 aromatic rings. The quantitative estimate of drug-likeness (QED) is 0.283. The maximum Gasteiger partial charge on any atom is 0.273 e. The number of hydrogen-bond donors (Lipinski definition) is 4. The zero-order valence-electron chi connectivity index (χ0n) is 18.3. The van der Waals surface area contributed by atoms with Crippen molar-refractivity contribution in [1.82, 2.24) is 9.97 Å². The van der Waals surface area contributed by atoms with E-state index >= 15 is 0 Å². The van der Waals surface area contributed by atoms with Crippen molar-refractivity contribution in [3.05, 3.63) is 73.5 Å². The molecule has 0 saturated heterocycles. The molecule has 0 unspecified atom stereocenters. The minimum absolute atomic E-state index is 0.0152. The Labute approximate surface area is 202 Å². The number of aromatic nitrogens is 2. The Morgan fingerprint density at radius 1 is 1.29 bits per heavy atom. The van der Waals surface area contributed by atoms with Gasteiger partial charge in [-0.3, -0.25) is 29.5 Å². The number of nitro groups is 1. The Balaban J connectivity index is 1.64. The van der Waals surface area contributed by atoms with Crippen LogP contribution in [-0.4, -0.2) is 33.3 Å². The molecule has 13 heteroatoms. The fourth-order valence-electron chi connectivity index (χ4n) is 3.58. The number of hydrogen-bond acceptors (Lipinski definition) is 8. The average Bonchev–Trinajstić information content (AvgIpc) is 2.79. The van der Waals surface area contributed by atoms with Crippen LogP contribution in [0.3, 0.4) is 0 Å². The first-order valence-electron chi connectivity index (χ1n) is 10.4. The maximum atomic E-state index is 13.1. The van der Waals surface area contributed by atoms with Crippen LogP contribution in [0, 0.1) is 10.1 Å². The van der Waals surface area contributed by atoms with Crippen LogP contribution >= 0.6 is 11.6 Å². The molecule has 180 valence electrons. The van der Waals surface area contributed by atoms with Gasteiger partial charge in [-0.25, -0.2) is 0 Å². The van der Waals surface area contributed by atoms with Gasteiger partial charge in [-0.05, 0) is 31.2 Å². The van der Waals surface area contributed by atoms with E-state index < -0.39 is 28.2 Å². The maximum absolute atomic E-state index is 13.1. The van der Waals surface area contributed by atoms with Gasteiger partial charge in [0.2, 0.25) is 17.8 Å². The number of ether oxygens (including phenoxy) is 1.